The average Bonchev–Trinajstić information content (AvgIpc) is 1.71. The van der Waals surface area contributed by atoms with Gasteiger partial charge in [0, 0.05) is 6.54 Å². The molecule has 0 unspecified atom stereocenters. The van der Waals surface area contributed by atoms with Crippen molar-refractivity contribution in [3.05, 3.63) is 205 Å². The van der Waals surface area contributed by atoms with E-state index in [4.69, 9.17) is 62.0 Å². The third kappa shape index (κ3) is 16.3. The molecule has 0 atom stereocenters. The molecule has 15 heterocycles. The molecule has 14 aliphatic rings. The van der Waals surface area contributed by atoms with Crippen LogP contribution in [-0.4, -0.2) is 137 Å². The summed E-state index contributed by atoms with van der Waals surface area (Å²) in [6, 6.07) is 30.4. The molecule has 29 heteroatoms. The number of nitrogens with zero attached hydrogens (tertiary/aromatic N) is 9. The standard InChI is InChI=1S/C74H74N10O18S/c1-91-61-26-45-21-49-30-66-63(93-3)28-47(49)22-50-31-65-62(92-2)27-46(50)20-48(45)29-64(61)94-14-17-97-67-32-51-24-55-36-71(101-42-58-39-83(80-77-58)12-9-73(85)86)69(99-19-16-96-66)34-53(55)25-56-37-72(102-43-59-40-84(81-78-59)13-10-74(87)88)68(98-18-15-95-65)33-52(56)23-54(51)35-70(67)100-41-57-38-82(79-76-57)11-8-44-4-6-60(7-5-44)103(75,89)90/h4-7,26-40H,8-25,41-43H2,1-3H3,(H,85,86)(H,87,88)(H2,75,89,90). The summed E-state index contributed by atoms with van der Waals surface area (Å²) in [6.45, 7) is 0.982. The van der Waals surface area contributed by atoms with Crippen molar-refractivity contribution < 1.29 is 85.1 Å². The summed E-state index contributed by atoms with van der Waals surface area (Å²) in [4.78, 5) is 23.1. The minimum atomic E-state index is -3.85. The van der Waals surface area contributed by atoms with Crippen molar-refractivity contribution in [3.63, 3.8) is 0 Å². The number of nitrogens with two attached hydrogens (primary N) is 1. The number of methoxy groups -OCH3 is 3. The second kappa shape index (κ2) is 30.3. The molecule has 18 bridgehead atoms. The van der Waals surface area contributed by atoms with Crippen molar-refractivity contribution in [2.75, 3.05) is 61.0 Å². The van der Waals surface area contributed by atoms with Gasteiger partial charge < -0.3 is 67.1 Å². The van der Waals surface area contributed by atoms with Gasteiger partial charge >= 0.3 is 11.9 Å². The largest absolute Gasteiger partial charge is 0.493 e. The van der Waals surface area contributed by atoms with Crippen molar-refractivity contribution >= 4 is 22.0 Å². The highest BCUT2D eigenvalue weighted by Crippen LogP contribution is 2.45. The lowest BCUT2D eigenvalue weighted by Gasteiger charge is -2.20. The summed E-state index contributed by atoms with van der Waals surface area (Å²) in [6.07, 6.45) is 7.80. The highest BCUT2D eigenvalue weighted by atomic mass is 32.2. The Morgan fingerprint density at radius 3 is 0.942 bits per heavy atom. The van der Waals surface area contributed by atoms with Gasteiger partial charge in [0.1, 0.15) is 76.5 Å². The predicted molar refractivity (Wildman–Crippen MR) is 367 cm³/mol. The van der Waals surface area contributed by atoms with Crippen LogP contribution >= 0.6 is 0 Å². The predicted octanol–water partition coefficient (Wildman–Crippen LogP) is 8.24. The third-order valence-electron chi connectivity index (χ3n) is 18.2. The maximum Gasteiger partial charge on any atom is 0.305 e. The van der Waals surface area contributed by atoms with Crippen LogP contribution in [0.2, 0.25) is 0 Å². The topological polar surface area (TPSA) is 338 Å². The molecule has 4 N–H and O–H groups in total. The van der Waals surface area contributed by atoms with Gasteiger partial charge in [-0.2, -0.15) is 0 Å². The first-order valence-corrected chi connectivity index (χ1v) is 35.0. The molecular weight excluding hydrogens is 1350 g/mol. The summed E-state index contributed by atoms with van der Waals surface area (Å²) in [5.41, 5.74) is 13.4. The van der Waals surface area contributed by atoms with E-state index in [9.17, 15) is 28.2 Å². The van der Waals surface area contributed by atoms with E-state index in [0.717, 1.165) is 72.3 Å². The first kappa shape index (κ1) is 68.5. The van der Waals surface area contributed by atoms with Crippen molar-refractivity contribution in [2.45, 2.75) is 102 Å². The highest BCUT2D eigenvalue weighted by molar-refractivity contribution is 7.89. The number of aliphatic carboxylic acids is 2. The first-order valence-electron chi connectivity index (χ1n) is 33.5. The Balaban J connectivity index is 0.914. The second-order valence-corrected chi connectivity index (χ2v) is 26.7. The normalized spacial score (nSPS) is 13.8. The van der Waals surface area contributed by atoms with Crippen LogP contribution in [0, 0.1) is 0 Å². The number of hydrogen-bond acceptors (Lipinski definition) is 22. The van der Waals surface area contributed by atoms with E-state index in [1.165, 1.54) is 21.5 Å². The lowest BCUT2D eigenvalue weighted by atomic mass is 9.94. The maximum atomic E-state index is 12.0. The molecule has 3 aromatic heterocycles. The van der Waals surface area contributed by atoms with E-state index < -0.39 is 22.0 Å². The Morgan fingerprint density at radius 2 is 0.670 bits per heavy atom. The minimum Gasteiger partial charge on any atom is -0.493 e. The van der Waals surface area contributed by atoms with Crippen molar-refractivity contribution in [3.8, 4) is 69.0 Å². The third-order valence-corrected chi connectivity index (χ3v) is 19.1. The summed E-state index contributed by atoms with van der Waals surface area (Å²) in [5.74, 6) is 3.58. The van der Waals surface area contributed by atoms with Crippen LogP contribution in [0.3, 0.4) is 0 Å². The number of benzene rings is 7. The maximum absolute atomic E-state index is 12.0. The van der Waals surface area contributed by atoms with Crippen LogP contribution in [-0.2, 0) is 104 Å². The number of sulfonamides is 1. The Hall–Kier alpha value is -11.6. The van der Waals surface area contributed by atoms with E-state index in [0.29, 0.717) is 138 Å². The summed E-state index contributed by atoms with van der Waals surface area (Å²) < 4.78 is 108. The SMILES string of the molecule is COc1cc2c3cc1OCCOc1cc4c(cc1OCc1cn(CCC(=O)O)nn1)Cc1cc5c(OCc6cn(CCC(=O)O)nn6)cc1Cc1cc(c(OCc6cn(CCc7ccc(S(N)(=O)=O)cc7)nn6)cc1C4)OCCOc1cc(c(cc1OC)Cc1cc(c(OC)cc1C3)OCCO5)C2. The molecule has 28 nitrogen and oxygen atoms in total. The summed E-state index contributed by atoms with van der Waals surface area (Å²) in [5, 5.41) is 50.1. The van der Waals surface area contributed by atoms with Crippen LogP contribution < -0.4 is 62.0 Å². The average molecular weight is 1420 g/mol. The molecule has 10 aromatic rings. The van der Waals surface area contributed by atoms with Gasteiger partial charge in [0.2, 0.25) is 10.0 Å². The van der Waals surface area contributed by atoms with Crippen molar-refractivity contribution in [1.29, 1.82) is 0 Å². The number of aryl methyl sites for hydroxylation is 4. The Kier molecular flexibility index (Phi) is 20.2. The zero-order chi connectivity index (χ0) is 71.1. The number of rotatable bonds is 22. The van der Waals surface area contributed by atoms with E-state index in [-0.39, 0.29) is 90.3 Å². The second-order valence-electron chi connectivity index (χ2n) is 25.2. The summed E-state index contributed by atoms with van der Waals surface area (Å²) >= 11 is 0. The number of carbonyl (C=O) groups is 2. The molecule has 534 valence electrons. The Bertz CT molecular complexity index is 4870. The molecule has 2 aliphatic carbocycles. The number of primary sulfonamides is 1. The van der Waals surface area contributed by atoms with Gasteiger partial charge in [-0.25, -0.2) is 13.6 Å². The quantitative estimate of drug-likeness (QED) is 0.0575. The number of hydrogen-bond donors (Lipinski definition) is 3. The van der Waals surface area contributed by atoms with Gasteiger partial charge in [-0.15, -0.1) is 15.3 Å². The van der Waals surface area contributed by atoms with Gasteiger partial charge in [0.25, 0.3) is 0 Å². The van der Waals surface area contributed by atoms with Crippen LogP contribution in [0.1, 0.15) is 102 Å². The van der Waals surface area contributed by atoms with Crippen molar-refractivity contribution in [2.24, 2.45) is 5.14 Å². The molecular formula is C74H74N10O18S. The lowest BCUT2D eigenvalue weighted by Crippen LogP contribution is -2.13. The number of aromatic nitrogens is 9. The van der Waals surface area contributed by atoms with Gasteiger partial charge in [-0.05, 0) is 202 Å². The Labute approximate surface area is 591 Å². The van der Waals surface area contributed by atoms with E-state index >= 15 is 0 Å². The molecule has 0 amide bonds. The number of carboxylic acid groups (broad SMARTS) is 2. The van der Waals surface area contributed by atoms with Crippen LogP contribution in [0.4, 0.5) is 0 Å². The molecule has 24 rings (SSSR count). The highest BCUT2D eigenvalue weighted by Gasteiger charge is 2.28. The Morgan fingerprint density at radius 1 is 0.408 bits per heavy atom. The minimum absolute atomic E-state index is 0.00813. The molecule has 0 saturated carbocycles. The van der Waals surface area contributed by atoms with E-state index in [2.05, 4.69) is 30.9 Å². The molecule has 0 spiro atoms. The molecule has 12 aliphatic heterocycles. The van der Waals surface area contributed by atoms with Gasteiger partial charge in [-0.3, -0.25) is 23.6 Å². The fourth-order valence-electron chi connectivity index (χ4n) is 13.0. The fourth-order valence-corrected chi connectivity index (χ4v) is 13.5. The molecule has 0 radical (unpaired) electrons. The molecule has 0 saturated heterocycles. The smallest absolute Gasteiger partial charge is 0.305 e. The van der Waals surface area contributed by atoms with Gasteiger partial charge in [0.05, 0.1) is 70.7 Å². The zero-order valence-electron chi connectivity index (χ0n) is 56.8. The van der Waals surface area contributed by atoms with Crippen molar-refractivity contribution in [1.82, 2.24) is 45.0 Å². The fraction of sp³-hybridized carbons (Fsp3) is 0.324. The molecule has 7 aromatic carbocycles. The molecule has 0 fully saturated rings. The van der Waals surface area contributed by atoms with E-state index in [1.807, 2.05) is 72.8 Å². The molecule has 103 heavy (non-hydrogen) atoms. The van der Waals surface area contributed by atoms with Gasteiger partial charge in [0.15, 0.2) is 69.0 Å². The van der Waals surface area contributed by atoms with Gasteiger partial charge in [-0.1, -0.05) is 27.8 Å². The van der Waals surface area contributed by atoms with Crippen LogP contribution in [0.5, 0.6) is 69.0 Å². The number of ether oxygens (including phenoxy) is 12. The zero-order valence-corrected chi connectivity index (χ0v) is 57.6. The van der Waals surface area contributed by atoms with Crippen LogP contribution in [0.25, 0.3) is 0 Å². The first-order chi connectivity index (χ1) is 50.0. The summed E-state index contributed by atoms with van der Waals surface area (Å²) in [7, 11) is 1.01. The monoisotopic (exact) mass is 1420 g/mol. The van der Waals surface area contributed by atoms with E-state index in [1.54, 1.807) is 56.7 Å². The number of carboxylic acids is 2. The van der Waals surface area contributed by atoms with Crippen LogP contribution in [0.15, 0.2) is 121 Å². The lowest BCUT2D eigenvalue weighted by molar-refractivity contribution is -0.138.